The molecule has 0 aliphatic carbocycles. The number of nitrogens with zero attached hydrogens (tertiary/aromatic N) is 2. The lowest BCUT2D eigenvalue weighted by Crippen LogP contribution is -2.48. The van der Waals surface area contributed by atoms with Crippen LogP contribution in [0.3, 0.4) is 0 Å². The van der Waals surface area contributed by atoms with E-state index in [0.717, 1.165) is 22.4 Å². The Balaban J connectivity index is 1.64. The van der Waals surface area contributed by atoms with Gasteiger partial charge >= 0.3 is 12.0 Å². The molecule has 1 aromatic heterocycles. The zero-order valence-corrected chi connectivity index (χ0v) is 17.3. The molecule has 0 spiro atoms. The molecular formula is C24H24N2O5. The number of furan rings is 1. The summed E-state index contributed by atoms with van der Waals surface area (Å²) in [4.78, 5) is 28.7. The van der Waals surface area contributed by atoms with Gasteiger partial charge in [0, 0.05) is 24.3 Å². The summed E-state index contributed by atoms with van der Waals surface area (Å²) in [7, 11) is 1.35. The Morgan fingerprint density at radius 1 is 1.03 bits per heavy atom. The van der Waals surface area contributed by atoms with Gasteiger partial charge in [0.1, 0.15) is 0 Å². The number of urea groups is 1. The topological polar surface area (TPSA) is 72.2 Å². The first kappa shape index (κ1) is 20.7. The molecule has 0 radical (unpaired) electrons. The number of hydrogen-bond donors (Lipinski definition) is 0. The van der Waals surface area contributed by atoms with E-state index in [2.05, 4.69) is 0 Å². The second-order valence-electron chi connectivity index (χ2n) is 7.22. The molecule has 1 fully saturated rings. The Bertz CT molecular complexity index is 1020. The summed E-state index contributed by atoms with van der Waals surface area (Å²) >= 11 is 0. The normalized spacial score (nSPS) is 13.6. The van der Waals surface area contributed by atoms with Gasteiger partial charge in [-0.3, -0.25) is 4.90 Å². The van der Waals surface area contributed by atoms with E-state index in [0.29, 0.717) is 38.4 Å². The number of hydrogen-bond acceptors (Lipinski definition) is 5. The van der Waals surface area contributed by atoms with E-state index in [-0.39, 0.29) is 12.0 Å². The third kappa shape index (κ3) is 4.78. The third-order valence-corrected chi connectivity index (χ3v) is 5.24. The van der Waals surface area contributed by atoms with Gasteiger partial charge in [-0.2, -0.15) is 0 Å². The fourth-order valence-corrected chi connectivity index (χ4v) is 3.52. The van der Waals surface area contributed by atoms with Crippen LogP contribution in [0, 0.1) is 0 Å². The molecule has 2 heterocycles. The number of rotatable bonds is 5. The maximum Gasteiger partial charge on any atom is 0.337 e. The molecule has 0 unspecified atom stereocenters. The zero-order chi connectivity index (χ0) is 21.6. The summed E-state index contributed by atoms with van der Waals surface area (Å²) in [5, 5.41) is 0. The van der Waals surface area contributed by atoms with Crippen LogP contribution in [-0.2, 0) is 16.0 Å². The van der Waals surface area contributed by atoms with Crippen LogP contribution in [-0.4, -0.2) is 50.3 Å². The number of carbonyl (C=O) groups excluding carboxylic acids is 2. The first-order valence-electron chi connectivity index (χ1n) is 10.1. The van der Waals surface area contributed by atoms with Crippen molar-refractivity contribution in [3.8, 4) is 11.1 Å². The second kappa shape index (κ2) is 9.49. The molecule has 1 saturated heterocycles. The molecule has 2 amide bonds. The van der Waals surface area contributed by atoms with Gasteiger partial charge in [0.05, 0.1) is 45.0 Å². The number of benzene rings is 2. The zero-order valence-electron chi connectivity index (χ0n) is 17.3. The third-order valence-electron chi connectivity index (χ3n) is 5.24. The molecule has 4 rings (SSSR count). The van der Waals surface area contributed by atoms with E-state index >= 15 is 0 Å². The van der Waals surface area contributed by atoms with Gasteiger partial charge in [-0.15, -0.1) is 0 Å². The van der Waals surface area contributed by atoms with Gasteiger partial charge < -0.3 is 18.8 Å². The number of carbonyl (C=O) groups is 2. The van der Waals surface area contributed by atoms with E-state index in [1.54, 1.807) is 34.5 Å². The van der Waals surface area contributed by atoms with Gasteiger partial charge in [0.25, 0.3) is 0 Å². The number of esters is 1. The summed E-state index contributed by atoms with van der Waals surface area (Å²) in [5.41, 5.74) is 4.07. The maximum atomic E-state index is 13.4. The largest absolute Gasteiger partial charge is 0.472 e. The number of anilines is 1. The van der Waals surface area contributed by atoms with Crippen LogP contribution in [0.2, 0.25) is 0 Å². The van der Waals surface area contributed by atoms with Crippen molar-refractivity contribution in [1.82, 2.24) is 4.90 Å². The molecule has 31 heavy (non-hydrogen) atoms. The van der Waals surface area contributed by atoms with Crippen molar-refractivity contribution in [2.24, 2.45) is 0 Å². The Labute approximate surface area is 180 Å². The van der Waals surface area contributed by atoms with Crippen molar-refractivity contribution in [2.45, 2.75) is 6.54 Å². The standard InChI is InChI=1S/C24H24N2O5/c1-29-23(27)19-7-5-18(6-8-19)16-26(24(28)25-10-13-30-14-11-25)22-4-2-3-20(15-22)21-9-12-31-17-21/h2-9,12,15,17H,10-11,13-14,16H2,1H3. The lowest BCUT2D eigenvalue weighted by molar-refractivity contribution is 0.0548. The molecular weight excluding hydrogens is 396 g/mol. The van der Waals surface area contributed by atoms with Gasteiger partial charge in [-0.05, 0) is 41.5 Å². The highest BCUT2D eigenvalue weighted by molar-refractivity contribution is 5.93. The minimum atomic E-state index is -0.388. The summed E-state index contributed by atoms with van der Waals surface area (Å²) in [6, 6.07) is 16.7. The summed E-state index contributed by atoms with van der Waals surface area (Å²) < 4.78 is 15.4. The van der Waals surface area contributed by atoms with Crippen LogP contribution in [0.4, 0.5) is 10.5 Å². The van der Waals surface area contributed by atoms with Crippen LogP contribution in [0.15, 0.2) is 71.5 Å². The quantitative estimate of drug-likeness (QED) is 0.579. The lowest BCUT2D eigenvalue weighted by Gasteiger charge is -2.33. The minimum absolute atomic E-state index is 0.0790. The second-order valence-corrected chi connectivity index (χ2v) is 7.22. The van der Waals surface area contributed by atoms with Crippen molar-refractivity contribution >= 4 is 17.7 Å². The fraction of sp³-hybridized carbons (Fsp3) is 0.250. The number of methoxy groups -OCH3 is 1. The molecule has 2 aromatic carbocycles. The Morgan fingerprint density at radius 3 is 2.48 bits per heavy atom. The van der Waals surface area contributed by atoms with Crippen molar-refractivity contribution in [1.29, 1.82) is 0 Å². The molecule has 160 valence electrons. The van der Waals surface area contributed by atoms with Crippen molar-refractivity contribution in [3.63, 3.8) is 0 Å². The molecule has 7 nitrogen and oxygen atoms in total. The Hall–Kier alpha value is -3.58. The highest BCUT2D eigenvalue weighted by Crippen LogP contribution is 2.27. The Morgan fingerprint density at radius 2 is 1.81 bits per heavy atom. The van der Waals surface area contributed by atoms with E-state index in [9.17, 15) is 9.59 Å². The monoisotopic (exact) mass is 420 g/mol. The van der Waals surface area contributed by atoms with Crippen molar-refractivity contribution in [2.75, 3.05) is 38.3 Å². The average molecular weight is 420 g/mol. The molecule has 0 saturated carbocycles. The lowest BCUT2D eigenvalue weighted by atomic mass is 10.1. The smallest absolute Gasteiger partial charge is 0.337 e. The van der Waals surface area contributed by atoms with Crippen LogP contribution in [0.5, 0.6) is 0 Å². The minimum Gasteiger partial charge on any atom is -0.472 e. The average Bonchev–Trinajstić information content (AvgIpc) is 3.38. The number of amides is 2. The fourth-order valence-electron chi connectivity index (χ4n) is 3.52. The van der Waals surface area contributed by atoms with E-state index in [1.807, 2.05) is 42.5 Å². The van der Waals surface area contributed by atoms with Gasteiger partial charge in [0.2, 0.25) is 0 Å². The van der Waals surface area contributed by atoms with Gasteiger partial charge in [0.15, 0.2) is 0 Å². The first-order valence-corrected chi connectivity index (χ1v) is 10.1. The first-order chi connectivity index (χ1) is 15.2. The van der Waals surface area contributed by atoms with Gasteiger partial charge in [-0.1, -0.05) is 24.3 Å². The highest BCUT2D eigenvalue weighted by atomic mass is 16.5. The molecule has 3 aromatic rings. The van der Waals surface area contributed by atoms with Gasteiger partial charge in [-0.25, -0.2) is 9.59 Å². The SMILES string of the molecule is COC(=O)c1ccc(CN(C(=O)N2CCOCC2)c2cccc(-c3ccoc3)c2)cc1. The molecule has 7 heteroatoms. The van der Waals surface area contributed by atoms with Crippen molar-refractivity contribution < 1.29 is 23.5 Å². The maximum absolute atomic E-state index is 13.4. The highest BCUT2D eigenvalue weighted by Gasteiger charge is 2.25. The van der Waals surface area contributed by atoms with Crippen LogP contribution in [0.1, 0.15) is 15.9 Å². The predicted molar refractivity (Wildman–Crippen MR) is 116 cm³/mol. The van der Waals surface area contributed by atoms with Crippen molar-refractivity contribution in [3.05, 3.63) is 78.3 Å². The summed E-state index contributed by atoms with van der Waals surface area (Å²) in [5.74, 6) is -0.388. The van der Waals surface area contributed by atoms with E-state index < -0.39 is 0 Å². The van der Waals surface area contributed by atoms with Crippen LogP contribution >= 0.6 is 0 Å². The molecule has 0 bridgehead atoms. The number of morpholine rings is 1. The summed E-state index contributed by atoms with van der Waals surface area (Å²) in [6.07, 6.45) is 3.31. The molecule has 1 aliphatic heterocycles. The van der Waals surface area contributed by atoms with E-state index in [1.165, 1.54) is 7.11 Å². The summed E-state index contributed by atoms with van der Waals surface area (Å²) in [6.45, 7) is 2.54. The van der Waals surface area contributed by atoms with E-state index in [4.69, 9.17) is 13.9 Å². The predicted octanol–water partition coefficient (Wildman–Crippen LogP) is 4.19. The Kier molecular flexibility index (Phi) is 6.33. The number of ether oxygens (including phenoxy) is 2. The van der Waals surface area contributed by atoms with Crippen LogP contribution < -0.4 is 4.90 Å². The van der Waals surface area contributed by atoms with Crippen LogP contribution in [0.25, 0.3) is 11.1 Å². The molecule has 0 N–H and O–H groups in total. The molecule has 0 atom stereocenters. The molecule has 1 aliphatic rings.